The summed E-state index contributed by atoms with van der Waals surface area (Å²) >= 11 is 0. The predicted octanol–water partition coefficient (Wildman–Crippen LogP) is 0.931. The number of carbonyl (C=O) groups is 1. The maximum atomic E-state index is 12.7. The average molecular weight is 383 g/mol. The van der Waals surface area contributed by atoms with Gasteiger partial charge in [0, 0.05) is 13.1 Å². The van der Waals surface area contributed by atoms with E-state index in [2.05, 4.69) is 15.0 Å². The van der Waals surface area contributed by atoms with Gasteiger partial charge in [-0.1, -0.05) is 0 Å². The van der Waals surface area contributed by atoms with E-state index in [1.807, 2.05) is 0 Å². The number of aliphatic hydroxyl groups excluding tert-OH is 1. The third-order valence-corrected chi connectivity index (χ3v) is 4.07. The van der Waals surface area contributed by atoms with E-state index in [9.17, 15) is 9.59 Å². The van der Waals surface area contributed by atoms with Crippen molar-refractivity contribution in [1.82, 2.24) is 23.9 Å². The number of hydrogen-bond acceptors (Lipinski definition) is 7. The second kappa shape index (κ2) is 7.25. The minimum absolute atomic E-state index is 0.0941. The van der Waals surface area contributed by atoms with Crippen LogP contribution in [0.2, 0.25) is 0 Å². The standard InChI is InChI=1S/C18H17N5O5/c1-11(25)28-13-4-2-12(3-5-13)14-8-23-17(26)15-16(21-18(23)20-14)22(9-19-15)10-27-7-6-24/h2-5,8-9,24H,6-7,10H2,1H3,(H,20,21). The van der Waals surface area contributed by atoms with Gasteiger partial charge in [0.2, 0.25) is 5.78 Å². The van der Waals surface area contributed by atoms with Gasteiger partial charge in [-0.05, 0) is 29.8 Å². The normalized spacial score (nSPS) is 11.4. The lowest BCUT2D eigenvalue weighted by atomic mass is 10.2. The van der Waals surface area contributed by atoms with E-state index in [0.29, 0.717) is 22.9 Å². The van der Waals surface area contributed by atoms with Gasteiger partial charge in [0.25, 0.3) is 5.56 Å². The molecule has 0 saturated carbocycles. The monoisotopic (exact) mass is 383 g/mol. The van der Waals surface area contributed by atoms with Crippen LogP contribution in [0, 0.1) is 0 Å². The minimum atomic E-state index is -0.392. The molecule has 28 heavy (non-hydrogen) atoms. The number of nitrogens with one attached hydrogen (secondary N) is 1. The van der Waals surface area contributed by atoms with Crippen LogP contribution in [0.1, 0.15) is 6.92 Å². The quantitative estimate of drug-likeness (QED) is 0.288. The second-order valence-corrected chi connectivity index (χ2v) is 6.04. The molecular weight excluding hydrogens is 366 g/mol. The minimum Gasteiger partial charge on any atom is -0.427 e. The van der Waals surface area contributed by atoms with E-state index < -0.39 is 5.97 Å². The molecular formula is C18H17N5O5. The summed E-state index contributed by atoms with van der Waals surface area (Å²) < 4.78 is 13.3. The van der Waals surface area contributed by atoms with Gasteiger partial charge in [-0.3, -0.25) is 14.2 Å². The zero-order valence-electron chi connectivity index (χ0n) is 15.0. The Bertz CT molecular complexity index is 1210. The first-order valence-corrected chi connectivity index (χ1v) is 8.50. The van der Waals surface area contributed by atoms with Crippen molar-refractivity contribution in [2.24, 2.45) is 0 Å². The number of fused-ring (bicyclic) bond motifs is 2. The summed E-state index contributed by atoms with van der Waals surface area (Å²) in [5.74, 6) is 0.409. The molecule has 0 aliphatic carbocycles. The van der Waals surface area contributed by atoms with E-state index in [1.165, 1.54) is 17.7 Å². The Morgan fingerprint density at radius 1 is 1.29 bits per heavy atom. The highest BCUT2D eigenvalue weighted by Crippen LogP contribution is 2.22. The summed E-state index contributed by atoms with van der Waals surface area (Å²) in [4.78, 5) is 35.5. The number of esters is 1. The van der Waals surface area contributed by atoms with Gasteiger partial charge >= 0.3 is 5.97 Å². The largest absolute Gasteiger partial charge is 0.427 e. The fraction of sp³-hybridized carbons (Fsp3) is 0.222. The molecule has 0 aliphatic heterocycles. The summed E-state index contributed by atoms with van der Waals surface area (Å²) in [5.41, 5.74) is 1.78. The Morgan fingerprint density at radius 3 is 2.79 bits per heavy atom. The molecule has 4 aromatic rings. The van der Waals surface area contributed by atoms with Crippen LogP contribution in [-0.2, 0) is 16.3 Å². The summed E-state index contributed by atoms with van der Waals surface area (Å²) in [6, 6.07) is 6.88. The molecule has 144 valence electrons. The first-order chi connectivity index (χ1) is 13.6. The zero-order valence-corrected chi connectivity index (χ0v) is 15.0. The molecule has 0 unspecified atom stereocenters. The third-order valence-electron chi connectivity index (χ3n) is 4.07. The molecule has 0 bridgehead atoms. The molecule has 0 atom stereocenters. The van der Waals surface area contributed by atoms with Gasteiger partial charge in [-0.25, -0.2) is 9.38 Å². The van der Waals surface area contributed by atoms with Crippen molar-refractivity contribution in [3.63, 3.8) is 0 Å². The average Bonchev–Trinajstić information content (AvgIpc) is 3.27. The Labute approximate surface area is 158 Å². The molecule has 0 spiro atoms. The van der Waals surface area contributed by atoms with Gasteiger partial charge < -0.3 is 19.6 Å². The lowest BCUT2D eigenvalue weighted by Crippen LogP contribution is -2.14. The first kappa shape index (κ1) is 17.9. The Hall–Kier alpha value is -3.50. The Balaban J connectivity index is 1.72. The number of benzene rings is 1. The summed E-state index contributed by atoms with van der Waals surface area (Å²) in [6.07, 6.45) is 3.12. The molecule has 0 amide bonds. The van der Waals surface area contributed by atoms with Crippen molar-refractivity contribution in [2.75, 3.05) is 13.2 Å². The molecule has 3 heterocycles. The number of aromatic amines is 1. The summed E-state index contributed by atoms with van der Waals surface area (Å²) in [5, 5.41) is 8.82. The number of H-pyrrole nitrogens is 1. The topological polar surface area (TPSA) is 124 Å². The molecule has 3 aromatic heterocycles. The van der Waals surface area contributed by atoms with Gasteiger partial charge in [-0.15, -0.1) is 0 Å². The predicted molar refractivity (Wildman–Crippen MR) is 98.9 cm³/mol. The molecule has 0 aliphatic rings. The van der Waals surface area contributed by atoms with Gasteiger partial charge in [0.15, 0.2) is 11.2 Å². The molecule has 4 rings (SSSR count). The molecule has 10 heteroatoms. The highest BCUT2D eigenvalue weighted by molar-refractivity contribution is 5.73. The summed E-state index contributed by atoms with van der Waals surface area (Å²) in [7, 11) is 0. The van der Waals surface area contributed by atoms with E-state index >= 15 is 0 Å². The van der Waals surface area contributed by atoms with Crippen molar-refractivity contribution >= 4 is 22.9 Å². The van der Waals surface area contributed by atoms with Crippen LogP contribution in [0.4, 0.5) is 0 Å². The van der Waals surface area contributed by atoms with Gasteiger partial charge in [-0.2, -0.15) is 4.98 Å². The van der Waals surface area contributed by atoms with E-state index in [1.54, 1.807) is 35.0 Å². The highest BCUT2D eigenvalue weighted by Gasteiger charge is 2.14. The van der Waals surface area contributed by atoms with Gasteiger partial charge in [0.05, 0.1) is 25.2 Å². The smallest absolute Gasteiger partial charge is 0.308 e. The number of hydrogen-bond donors (Lipinski definition) is 2. The maximum absolute atomic E-state index is 12.7. The van der Waals surface area contributed by atoms with Crippen molar-refractivity contribution in [3.05, 3.63) is 47.1 Å². The van der Waals surface area contributed by atoms with Crippen molar-refractivity contribution in [2.45, 2.75) is 13.7 Å². The maximum Gasteiger partial charge on any atom is 0.308 e. The van der Waals surface area contributed by atoms with Crippen LogP contribution < -0.4 is 10.3 Å². The van der Waals surface area contributed by atoms with Crippen molar-refractivity contribution in [1.29, 1.82) is 0 Å². The van der Waals surface area contributed by atoms with Crippen LogP contribution in [-0.4, -0.2) is 48.2 Å². The summed E-state index contributed by atoms with van der Waals surface area (Å²) in [6.45, 7) is 1.55. The molecule has 1 aromatic carbocycles. The SMILES string of the molecule is CC(=O)Oc1ccc(-c2cn3c(=O)c4ncn(COCCO)c4nc3[nH]2)cc1. The van der Waals surface area contributed by atoms with Crippen LogP contribution >= 0.6 is 0 Å². The molecule has 0 radical (unpaired) electrons. The number of ether oxygens (including phenoxy) is 2. The van der Waals surface area contributed by atoms with Crippen LogP contribution in [0.3, 0.4) is 0 Å². The van der Waals surface area contributed by atoms with E-state index in [-0.39, 0.29) is 31.0 Å². The van der Waals surface area contributed by atoms with E-state index in [4.69, 9.17) is 14.6 Å². The Kier molecular flexibility index (Phi) is 4.63. The second-order valence-electron chi connectivity index (χ2n) is 6.04. The number of aromatic nitrogens is 5. The number of aliphatic hydroxyl groups is 1. The lowest BCUT2D eigenvalue weighted by Gasteiger charge is -2.03. The van der Waals surface area contributed by atoms with Crippen LogP contribution in [0.15, 0.2) is 41.6 Å². The molecule has 0 saturated heterocycles. The number of rotatable bonds is 6. The van der Waals surface area contributed by atoms with Crippen LogP contribution in [0.5, 0.6) is 5.75 Å². The number of imidazole rings is 2. The fourth-order valence-corrected chi connectivity index (χ4v) is 2.84. The fourth-order valence-electron chi connectivity index (χ4n) is 2.84. The van der Waals surface area contributed by atoms with Gasteiger partial charge in [0.1, 0.15) is 12.5 Å². The Morgan fingerprint density at radius 2 is 2.07 bits per heavy atom. The first-order valence-electron chi connectivity index (χ1n) is 8.50. The lowest BCUT2D eigenvalue weighted by molar-refractivity contribution is -0.131. The highest BCUT2D eigenvalue weighted by atomic mass is 16.5. The van der Waals surface area contributed by atoms with Crippen LogP contribution in [0.25, 0.3) is 28.2 Å². The number of carbonyl (C=O) groups excluding carboxylic acids is 1. The van der Waals surface area contributed by atoms with E-state index in [0.717, 1.165) is 5.56 Å². The third kappa shape index (κ3) is 3.26. The van der Waals surface area contributed by atoms with Crippen molar-refractivity contribution < 1.29 is 19.4 Å². The zero-order chi connectivity index (χ0) is 19.7. The number of nitrogens with zero attached hydrogens (tertiary/aromatic N) is 4. The van der Waals surface area contributed by atoms with Crippen molar-refractivity contribution in [3.8, 4) is 17.0 Å². The molecule has 2 N–H and O–H groups in total. The molecule has 0 fully saturated rings. The molecule has 10 nitrogen and oxygen atoms in total.